The third-order valence-corrected chi connectivity index (χ3v) is 4.42. The van der Waals surface area contributed by atoms with Crippen molar-refractivity contribution in [1.29, 1.82) is 0 Å². The number of hydrogen-bond acceptors (Lipinski definition) is 2. The van der Waals surface area contributed by atoms with Crippen LogP contribution in [-0.2, 0) is 6.54 Å². The number of aromatic nitrogens is 2. The number of nitrogens with one attached hydrogen (secondary N) is 1. The summed E-state index contributed by atoms with van der Waals surface area (Å²) >= 11 is 17.9. The Bertz CT molecular complexity index is 875. The number of hydrogen-bond donors (Lipinski definition) is 1. The zero-order valence-corrected chi connectivity index (χ0v) is 14.6. The Kier molecular flexibility index (Phi) is 5.09. The van der Waals surface area contributed by atoms with Gasteiger partial charge < -0.3 is 5.32 Å². The molecule has 0 spiro atoms. The quantitative estimate of drug-likeness (QED) is 0.681. The summed E-state index contributed by atoms with van der Waals surface area (Å²) in [6.07, 6.45) is 3.32. The highest BCUT2D eigenvalue weighted by Gasteiger charge is 2.13. The standard InChI is InChI=1S/C17H12Cl3N3O/c18-12-6-4-11(5-7-12)9-23-10-13(8-21-23)22-17(24)14-2-1-3-15(19)16(14)20/h1-8,10H,9H2,(H,22,24). The number of amides is 1. The lowest BCUT2D eigenvalue weighted by Gasteiger charge is -2.05. The molecule has 0 saturated carbocycles. The molecule has 0 aliphatic heterocycles. The van der Waals surface area contributed by atoms with Gasteiger partial charge in [0.2, 0.25) is 0 Å². The Hall–Kier alpha value is -2.01. The molecule has 0 unspecified atom stereocenters. The molecule has 0 fully saturated rings. The lowest BCUT2D eigenvalue weighted by Crippen LogP contribution is -2.12. The molecular weight excluding hydrogens is 369 g/mol. The van der Waals surface area contributed by atoms with Crippen LogP contribution in [-0.4, -0.2) is 15.7 Å². The van der Waals surface area contributed by atoms with Crippen molar-refractivity contribution in [3.63, 3.8) is 0 Å². The molecule has 2 aromatic carbocycles. The van der Waals surface area contributed by atoms with Crippen LogP contribution in [0.2, 0.25) is 15.1 Å². The van der Waals surface area contributed by atoms with Crippen LogP contribution in [0.1, 0.15) is 15.9 Å². The zero-order chi connectivity index (χ0) is 17.1. The predicted molar refractivity (Wildman–Crippen MR) is 97.2 cm³/mol. The van der Waals surface area contributed by atoms with Crippen molar-refractivity contribution < 1.29 is 4.79 Å². The molecule has 3 aromatic rings. The molecule has 0 aliphatic carbocycles. The Morgan fingerprint density at radius 3 is 2.58 bits per heavy atom. The van der Waals surface area contributed by atoms with Crippen LogP contribution in [0.4, 0.5) is 5.69 Å². The van der Waals surface area contributed by atoms with Gasteiger partial charge in [-0.1, -0.05) is 53.0 Å². The summed E-state index contributed by atoms with van der Waals surface area (Å²) in [5.41, 5.74) is 1.94. The number of rotatable bonds is 4. The van der Waals surface area contributed by atoms with Crippen molar-refractivity contribution in [2.24, 2.45) is 0 Å². The van der Waals surface area contributed by atoms with E-state index in [1.54, 1.807) is 35.3 Å². The second kappa shape index (κ2) is 7.26. The fourth-order valence-corrected chi connectivity index (χ4v) is 2.68. The molecule has 0 bridgehead atoms. The molecule has 3 rings (SSSR count). The summed E-state index contributed by atoms with van der Waals surface area (Å²) in [6, 6.07) is 12.4. The van der Waals surface area contributed by atoms with Gasteiger partial charge in [0.25, 0.3) is 5.91 Å². The van der Waals surface area contributed by atoms with E-state index in [2.05, 4.69) is 10.4 Å². The molecule has 1 amide bonds. The van der Waals surface area contributed by atoms with Crippen LogP contribution in [0, 0.1) is 0 Å². The Morgan fingerprint density at radius 1 is 1.08 bits per heavy atom. The molecular formula is C17H12Cl3N3O. The summed E-state index contributed by atoms with van der Waals surface area (Å²) in [7, 11) is 0. The van der Waals surface area contributed by atoms with Crippen molar-refractivity contribution in [2.45, 2.75) is 6.54 Å². The van der Waals surface area contributed by atoms with Gasteiger partial charge in [-0.3, -0.25) is 9.48 Å². The van der Waals surface area contributed by atoms with E-state index in [0.29, 0.717) is 27.8 Å². The van der Waals surface area contributed by atoms with Crippen LogP contribution in [0.5, 0.6) is 0 Å². The number of benzene rings is 2. The van der Waals surface area contributed by atoms with Crippen molar-refractivity contribution in [3.8, 4) is 0 Å². The van der Waals surface area contributed by atoms with E-state index in [0.717, 1.165) is 5.56 Å². The second-order valence-electron chi connectivity index (χ2n) is 5.11. The average Bonchev–Trinajstić information content (AvgIpc) is 2.99. The first kappa shape index (κ1) is 16.8. The fraction of sp³-hybridized carbons (Fsp3) is 0.0588. The summed E-state index contributed by atoms with van der Waals surface area (Å²) < 4.78 is 1.72. The Labute approximate surface area is 154 Å². The SMILES string of the molecule is O=C(Nc1cnn(Cc2ccc(Cl)cc2)c1)c1cccc(Cl)c1Cl. The predicted octanol–water partition coefficient (Wildman–Crippen LogP) is 5.14. The molecule has 1 heterocycles. The van der Waals surface area contributed by atoms with Gasteiger partial charge in [-0.25, -0.2) is 0 Å². The molecule has 7 heteroatoms. The minimum Gasteiger partial charge on any atom is -0.319 e. The summed E-state index contributed by atoms with van der Waals surface area (Å²) in [5.74, 6) is -0.339. The number of anilines is 1. The van der Waals surface area contributed by atoms with Gasteiger partial charge in [-0.2, -0.15) is 5.10 Å². The molecule has 0 radical (unpaired) electrons. The highest BCUT2D eigenvalue weighted by Crippen LogP contribution is 2.26. The zero-order valence-electron chi connectivity index (χ0n) is 12.3. The first-order valence-corrected chi connectivity index (χ1v) is 8.18. The van der Waals surface area contributed by atoms with Gasteiger partial charge in [0.15, 0.2) is 0 Å². The molecule has 122 valence electrons. The van der Waals surface area contributed by atoms with Crippen molar-refractivity contribution >= 4 is 46.4 Å². The van der Waals surface area contributed by atoms with E-state index >= 15 is 0 Å². The monoisotopic (exact) mass is 379 g/mol. The van der Waals surface area contributed by atoms with Crippen LogP contribution >= 0.6 is 34.8 Å². The van der Waals surface area contributed by atoms with E-state index < -0.39 is 0 Å². The van der Waals surface area contributed by atoms with Crippen LogP contribution < -0.4 is 5.32 Å². The van der Waals surface area contributed by atoms with Crippen molar-refractivity contribution in [3.05, 3.63) is 81.1 Å². The summed E-state index contributed by atoms with van der Waals surface area (Å²) in [4.78, 5) is 12.3. The second-order valence-corrected chi connectivity index (χ2v) is 6.33. The lowest BCUT2D eigenvalue weighted by atomic mass is 10.2. The van der Waals surface area contributed by atoms with Gasteiger partial charge in [-0.05, 0) is 29.8 Å². The minimum atomic E-state index is -0.339. The first-order valence-electron chi connectivity index (χ1n) is 7.05. The third-order valence-electron chi connectivity index (χ3n) is 3.35. The minimum absolute atomic E-state index is 0.227. The van der Waals surface area contributed by atoms with Crippen LogP contribution in [0.3, 0.4) is 0 Å². The Balaban J connectivity index is 1.70. The first-order chi connectivity index (χ1) is 11.5. The fourth-order valence-electron chi connectivity index (χ4n) is 2.17. The number of carbonyl (C=O) groups is 1. The molecule has 1 aromatic heterocycles. The average molecular weight is 381 g/mol. The largest absolute Gasteiger partial charge is 0.319 e. The van der Waals surface area contributed by atoms with E-state index in [9.17, 15) is 4.79 Å². The molecule has 0 aliphatic rings. The molecule has 24 heavy (non-hydrogen) atoms. The van der Waals surface area contributed by atoms with Gasteiger partial charge >= 0.3 is 0 Å². The highest BCUT2D eigenvalue weighted by molar-refractivity contribution is 6.44. The summed E-state index contributed by atoms with van der Waals surface area (Å²) in [5, 5.41) is 8.23. The number of halogens is 3. The number of nitrogens with zero attached hydrogens (tertiary/aromatic N) is 2. The normalized spacial score (nSPS) is 10.6. The van der Waals surface area contributed by atoms with Crippen LogP contribution in [0.15, 0.2) is 54.9 Å². The molecule has 4 nitrogen and oxygen atoms in total. The van der Waals surface area contributed by atoms with Crippen molar-refractivity contribution in [2.75, 3.05) is 5.32 Å². The van der Waals surface area contributed by atoms with E-state index in [1.165, 1.54) is 0 Å². The molecule has 1 N–H and O–H groups in total. The maximum atomic E-state index is 12.3. The number of carbonyl (C=O) groups excluding carboxylic acids is 1. The third kappa shape index (κ3) is 3.90. The smallest absolute Gasteiger partial charge is 0.257 e. The highest BCUT2D eigenvalue weighted by atomic mass is 35.5. The van der Waals surface area contributed by atoms with E-state index in [1.807, 2.05) is 24.3 Å². The van der Waals surface area contributed by atoms with Gasteiger partial charge in [-0.15, -0.1) is 0 Å². The maximum absolute atomic E-state index is 12.3. The van der Waals surface area contributed by atoms with Gasteiger partial charge in [0.1, 0.15) is 0 Å². The topological polar surface area (TPSA) is 46.9 Å². The van der Waals surface area contributed by atoms with E-state index in [-0.39, 0.29) is 10.9 Å². The maximum Gasteiger partial charge on any atom is 0.257 e. The van der Waals surface area contributed by atoms with Gasteiger partial charge in [0, 0.05) is 11.2 Å². The summed E-state index contributed by atoms with van der Waals surface area (Å²) in [6.45, 7) is 0.574. The van der Waals surface area contributed by atoms with Gasteiger partial charge in [0.05, 0.1) is 34.0 Å². The molecule has 0 saturated heterocycles. The molecule has 0 atom stereocenters. The van der Waals surface area contributed by atoms with Crippen molar-refractivity contribution in [1.82, 2.24) is 9.78 Å². The van der Waals surface area contributed by atoms with E-state index in [4.69, 9.17) is 34.8 Å². The van der Waals surface area contributed by atoms with Crippen LogP contribution in [0.25, 0.3) is 0 Å². The lowest BCUT2D eigenvalue weighted by molar-refractivity contribution is 0.102. The Morgan fingerprint density at radius 2 is 1.83 bits per heavy atom.